The highest BCUT2D eigenvalue weighted by molar-refractivity contribution is 5.84. The predicted molar refractivity (Wildman–Crippen MR) is 99.8 cm³/mol. The van der Waals surface area contributed by atoms with Crippen LogP contribution in [0, 0.1) is 0 Å². The maximum absolute atomic E-state index is 11.4. The number of carboxylic acids is 1. The van der Waals surface area contributed by atoms with E-state index in [4.69, 9.17) is 9.47 Å². The molecule has 0 amide bonds. The molecule has 0 spiro atoms. The van der Waals surface area contributed by atoms with Crippen LogP contribution in [0.2, 0.25) is 0 Å². The molecule has 2 aromatic carbocycles. The van der Waals surface area contributed by atoms with Gasteiger partial charge >= 0.3 is 5.97 Å². The van der Waals surface area contributed by atoms with Crippen LogP contribution in [0.15, 0.2) is 42.5 Å². The van der Waals surface area contributed by atoms with Gasteiger partial charge in [0.25, 0.3) is 0 Å². The summed E-state index contributed by atoms with van der Waals surface area (Å²) in [5.41, 5.74) is 2.23. The number of hydrogen-bond donors (Lipinski definition) is 1. The number of imidazole rings is 1. The third-order valence-corrected chi connectivity index (χ3v) is 4.13. The summed E-state index contributed by atoms with van der Waals surface area (Å²) in [5, 5.41) is 9.35. The zero-order valence-corrected chi connectivity index (χ0v) is 14.9. The Labute approximate surface area is 152 Å². The summed E-state index contributed by atoms with van der Waals surface area (Å²) in [5.74, 6) is 0.822. The molecule has 0 aliphatic carbocycles. The van der Waals surface area contributed by atoms with E-state index in [0.717, 1.165) is 29.4 Å². The maximum Gasteiger partial charge on any atom is 0.323 e. The first-order valence-corrected chi connectivity index (χ1v) is 8.63. The fraction of sp³-hybridized carbons (Fsp3) is 0.300. The van der Waals surface area contributed by atoms with Gasteiger partial charge in [0.1, 0.15) is 12.4 Å². The second-order valence-corrected chi connectivity index (χ2v) is 5.94. The Morgan fingerprint density at radius 2 is 2.00 bits per heavy atom. The van der Waals surface area contributed by atoms with Crippen LogP contribution in [0.3, 0.4) is 0 Å². The normalized spacial score (nSPS) is 10.8. The Bertz CT molecular complexity index is 917. The number of methoxy groups -OCH3 is 1. The average molecular weight is 354 g/mol. The summed E-state index contributed by atoms with van der Waals surface area (Å²) in [7, 11) is 1.59. The number of hydrogen-bond acceptors (Lipinski definition) is 4. The molecule has 0 saturated carbocycles. The van der Waals surface area contributed by atoms with Crippen molar-refractivity contribution in [3.05, 3.63) is 42.5 Å². The molecule has 0 radical (unpaired) electrons. The van der Waals surface area contributed by atoms with Gasteiger partial charge in [0, 0.05) is 0 Å². The van der Waals surface area contributed by atoms with Crippen molar-refractivity contribution >= 4 is 17.0 Å². The predicted octanol–water partition coefficient (Wildman–Crippen LogP) is 3.98. The number of carboxylic acid groups (broad SMARTS) is 1. The van der Waals surface area contributed by atoms with Crippen molar-refractivity contribution in [2.75, 3.05) is 13.7 Å². The van der Waals surface area contributed by atoms with Gasteiger partial charge in [0.05, 0.1) is 30.3 Å². The molecule has 0 bridgehead atoms. The fourth-order valence-corrected chi connectivity index (χ4v) is 2.90. The maximum atomic E-state index is 11.4. The molecule has 1 aromatic heterocycles. The van der Waals surface area contributed by atoms with Crippen LogP contribution >= 0.6 is 0 Å². The molecule has 0 aliphatic rings. The second kappa shape index (κ2) is 7.91. The van der Waals surface area contributed by atoms with E-state index < -0.39 is 5.97 Å². The van der Waals surface area contributed by atoms with Crippen molar-refractivity contribution in [1.82, 2.24) is 9.55 Å². The van der Waals surface area contributed by atoms with E-state index in [-0.39, 0.29) is 6.54 Å². The molecule has 6 nitrogen and oxygen atoms in total. The van der Waals surface area contributed by atoms with E-state index >= 15 is 0 Å². The lowest BCUT2D eigenvalue weighted by Crippen LogP contribution is -2.10. The Kier molecular flexibility index (Phi) is 5.41. The van der Waals surface area contributed by atoms with Gasteiger partial charge in [-0.1, -0.05) is 31.5 Å². The number of aromatic nitrogens is 2. The zero-order valence-electron chi connectivity index (χ0n) is 14.9. The van der Waals surface area contributed by atoms with Crippen molar-refractivity contribution in [3.8, 4) is 22.9 Å². The highest BCUT2D eigenvalue weighted by Gasteiger charge is 2.20. The van der Waals surface area contributed by atoms with Crippen LogP contribution < -0.4 is 9.47 Å². The largest absolute Gasteiger partial charge is 0.493 e. The molecule has 1 N–H and O–H groups in total. The Morgan fingerprint density at radius 1 is 1.19 bits per heavy atom. The first kappa shape index (κ1) is 17.8. The van der Waals surface area contributed by atoms with Crippen LogP contribution in [0.1, 0.15) is 19.8 Å². The first-order chi connectivity index (χ1) is 12.7. The number of carbonyl (C=O) groups is 1. The number of nitrogens with zero attached hydrogens (tertiary/aromatic N) is 2. The summed E-state index contributed by atoms with van der Waals surface area (Å²) in [4.78, 5) is 16.1. The van der Waals surface area contributed by atoms with Crippen molar-refractivity contribution in [1.29, 1.82) is 0 Å². The minimum Gasteiger partial charge on any atom is -0.493 e. The van der Waals surface area contributed by atoms with E-state index in [1.165, 1.54) is 0 Å². The third kappa shape index (κ3) is 3.49. The molecule has 26 heavy (non-hydrogen) atoms. The highest BCUT2D eigenvalue weighted by Crippen LogP contribution is 2.39. The summed E-state index contributed by atoms with van der Waals surface area (Å²) >= 11 is 0. The van der Waals surface area contributed by atoms with E-state index in [1.54, 1.807) is 11.7 Å². The zero-order chi connectivity index (χ0) is 18.5. The fourth-order valence-electron chi connectivity index (χ4n) is 2.90. The smallest absolute Gasteiger partial charge is 0.323 e. The molecule has 0 unspecified atom stereocenters. The summed E-state index contributed by atoms with van der Waals surface area (Å²) in [6.45, 7) is 2.48. The molecule has 1 heterocycles. The van der Waals surface area contributed by atoms with E-state index in [2.05, 4.69) is 11.9 Å². The quantitative estimate of drug-likeness (QED) is 0.620. The van der Waals surface area contributed by atoms with Crippen molar-refractivity contribution in [2.45, 2.75) is 26.3 Å². The Balaban J connectivity index is 2.18. The topological polar surface area (TPSA) is 73.6 Å². The van der Waals surface area contributed by atoms with Gasteiger partial charge in [0.15, 0.2) is 11.5 Å². The molecular weight excluding hydrogens is 332 g/mol. The molecule has 0 atom stereocenters. The number of benzene rings is 2. The summed E-state index contributed by atoms with van der Waals surface area (Å²) < 4.78 is 13.1. The minimum absolute atomic E-state index is 0.179. The van der Waals surface area contributed by atoms with Crippen LogP contribution in [-0.2, 0) is 11.3 Å². The monoisotopic (exact) mass is 354 g/mol. The van der Waals surface area contributed by atoms with Gasteiger partial charge < -0.3 is 19.1 Å². The van der Waals surface area contributed by atoms with Crippen molar-refractivity contribution in [3.63, 3.8) is 0 Å². The number of ether oxygens (including phenoxy) is 2. The average Bonchev–Trinajstić information content (AvgIpc) is 3.00. The summed E-state index contributed by atoms with van der Waals surface area (Å²) in [6, 6.07) is 13.1. The van der Waals surface area contributed by atoms with Crippen LogP contribution in [0.4, 0.5) is 0 Å². The second-order valence-electron chi connectivity index (χ2n) is 5.94. The number of fused-ring (bicyclic) bond motifs is 1. The standard InChI is InChI=1S/C20H22N2O4/c1-3-4-12-26-19-14(8-7-11-17(19)25-2)20-21-15-9-5-6-10-16(15)22(20)13-18(23)24/h5-11H,3-4,12-13H2,1-2H3,(H,23,24). The van der Waals surface area contributed by atoms with Gasteiger partial charge in [-0.15, -0.1) is 0 Å². The van der Waals surface area contributed by atoms with Gasteiger partial charge in [0.2, 0.25) is 0 Å². The van der Waals surface area contributed by atoms with Gasteiger partial charge in [-0.3, -0.25) is 4.79 Å². The lowest BCUT2D eigenvalue weighted by Gasteiger charge is -2.15. The molecule has 3 rings (SSSR count). The van der Waals surface area contributed by atoms with Crippen LogP contribution in [-0.4, -0.2) is 34.3 Å². The van der Waals surface area contributed by atoms with E-state index in [9.17, 15) is 9.90 Å². The molecule has 0 aliphatic heterocycles. The molecule has 0 fully saturated rings. The molecule has 6 heteroatoms. The van der Waals surface area contributed by atoms with E-state index in [1.807, 2.05) is 42.5 Å². The van der Waals surface area contributed by atoms with Gasteiger partial charge in [-0.2, -0.15) is 0 Å². The number of aliphatic carboxylic acids is 1. The lowest BCUT2D eigenvalue weighted by atomic mass is 10.1. The Hall–Kier alpha value is -3.02. The molecule has 0 saturated heterocycles. The van der Waals surface area contributed by atoms with Gasteiger partial charge in [-0.05, 0) is 30.7 Å². The molecule has 136 valence electrons. The van der Waals surface area contributed by atoms with E-state index in [0.29, 0.717) is 23.9 Å². The minimum atomic E-state index is -0.925. The lowest BCUT2D eigenvalue weighted by molar-refractivity contribution is -0.137. The van der Waals surface area contributed by atoms with Crippen LogP contribution in [0.5, 0.6) is 11.5 Å². The number of rotatable bonds is 8. The van der Waals surface area contributed by atoms with Crippen LogP contribution in [0.25, 0.3) is 22.4 Å². The van der Waals surface area contributed by atoms with Crippen molar-refractivity contribution < 1.29 is 19.4 Å². The third-order valence-electron chi connectivity index (χ3n) is 4.13. The van der Waals surface area contributed by atoms with Crippen molar-refractivity contribution in [2.24, 2.45) is 0 Å². The number of unbranched alkanes of at least 4 members (excludes halogenated alkanes) is 1. The SMILES string of the molecule is CCCCOc1c(OC)cccc1-c1nc2ccccc2n1CC(=O)O. The number of para-hydroxylation sites is 3. The summed E-state index contributed by atoms with van der Waals surface area (Å²) in [6.07, 6.45) is 1.94. The Morgan fingerprint density at radius 3 is 2.73 bits per heavy atom. The highest BCUT2D eigenvalue weighted by atomic mass is 16.5. The molecule has 3 aromatic rings. The first-order valence-electron chi connectivity index (χ1n) is 8.63. The van der Waals surface area contributed by atoms with Gasteiger partial charge in [-0.25, -0.2) is 4.98 Å². The molecular formula is C20H22N2O4.